The van der Waals surface area contributed by atoms with Gasteiger partial charge in [-0.15, -0.1) is 0 Å². The van der Waals surface area contributed by atoms with Crippen molar-refractivity contribution >= 4 is 19.7 Å². The third-order valence-corrected chi connectivity index (χ3v) is 7.39. The van der Waals surface area contributed by atoms with Crippen LogP contribution in [0, 0.1) is 0 Å². The summed E-state index contributed by atoms with van der Waals surface area (Å²) >= 11 is 0. The lowest BCUT2D eigenvalue weighted by Crippen LogP contribution is -2.40. The Morgan fingerprint density at radius 1 is 1.26 bits per heavy atom. The van der Waals surface area contributed by atoms with E-state index in [9.17, 15) is 4.79 Å². The highest BCUT2D eigenvalue weighted by molar-refractivity contribution is 6.76. The molecular weight excluding hydrogens is 410 g/mol. The van der Waals surface area contributed by atoms with Gasteiger partial charge in [0.15, 0.2) is 0 Å². The Kier molecular flexibility index (Phi) is 7.33. The summed E-state index contributed by atoms with van der Waals surface area (Å²) in [6.45, 7) is 15.1. The SMILES string of the molecule is COC1C=C(c2nn(COCC[Si](C)(C)C)c3c2CN(C(=O)OC(C)(C)C)CC3)CC1. The van der Waals surface area contributed by atoms with Gasteiger partial charge in [0.25, 0.3) is 0 Å². The second-order valence-electron chi connectivity index (χ2n) is 10.8. The monoisotopic (exact) mass is 449 g/mol. The van der Waals surface area contributed by atoms with Crippen molar-refractivity contribution in [3.63, 3.8) is 0 Å². The molecule has 1 amide bonds. The van der Waals surface area contributed by atoms with Crippen LogP contribution in [0.5, 0.6) is 0 Å². The molecule has 0 N–H and O–H groups in total. The number of carbonyl (C=O) groups is 1. The molecule has 3 rings (SSSR count). The second-order valence-corrected chi connectivity index (χ2v) is 16.4. The number of ether oxygens (including phenoxy) is 3. The van der Waals surface area contributed by atoms with Gasteiger partial charge in [-0.05, 0) is 45.2 Å². The van der Waals surface area contributed by atoms with Gasteiger partial charge in [0.1, 0.15) is 12.3 Å². The van der Waals surface area contributed by atoms with Crippen LogP contribution in [0.15, 0.2) is 6.08 Å². The Morgan fingerprint density at radius 3 is 2.61 bits per heavy atom. The largest absolute Gasteiger partial charge is 0.444 e. The van der Waals surface area contributed by atoms with Crippen LogP contribution >= 0.6 is 0 Å². The molecule has 174 valence electrons. The number of allylic oxidation sites excluding steroid dienone is 1. The molecule has 0 spiro atoms. The van der Waals surface area contributed by atoms with Crippen LogP contribution in [0.25, 0.3) is 5.57 Å². The van der Waals surface area contributed by atoms with E-state index in [1.165, 1.54) is 11.3 Å². The minimum absolute atomic E-state index is 0.134. The van der Waals surface area contributed by atoms with Crippen LogP contribution in [-0.4, -0.2) is 60.8 Å². The predicted octanol–water partition coefficient (Wildman–Crippen LogP) is 4.68. The summed E-state index contributed by atoms with van der Waals surface area (Å²) in [5.74, 6) is 0. The summed E-state index contributed by atoms with van der Waals surface area (Å²) < 4.78 is 19.1. The molecule has 1 unspecified atom stereocenters. The van der Waals surface area contributed by atoms with Crippen molar-refractivity contribution in [3.05, 3.63) is 23.0 Å². The summed E-state index contributed by atoms with van der Waals surface area (Å²) in [4.78, 5) is 14.5. The second kappa shape index (κ2) is 9.46. The number of rotatable bonds is 7. The maximum Gasteiger partial charge on any atom is 0.410 e. The number of nitrogens with zero attached hydrogens (tertiary/aromatic N) is 3. The average molecular weight is 450 g/mol. The molecular formula is C23H39N3O4Si. The van der Waals surface area contributed by atoms with Crippen LogP contribution in [0.2, 0.25) is 25.7 Å². The van der Waals surface area contributed by atoms with Crippen LogP contribution in [0.3, 0.4) is 0 Å². The van der Waals surface area contributed by atoms with Crippen molar-refractivity contribution in [1.82, 2.24) is 14.7 Å². The number of aromatic nitrogens is 2. The zero-order valence-electron chi connectivity index (χ0n) is 20.3. The first-order chi connectivity index (χ1) is 14.5. The van der Waals surface area contributed by atoms with E-state index in [-0.39, 0.29) is 12.2 Å². The van der Waals surface area contributed by atoms with Gasteiger partial charge < -0.3 is 19.1 Å². The lowest BCUT2D eigenvalue weighted by atomic mass is 10.0. The quantitative estimate of drug-likeness (QED) is 0.447. The Balaban J connectivity index is 1.81. The van der Waals surface area contributed by atoms with Gasteiger partial charge in [-0.1, -0.05) is 25.7 Å². The molecule has 1 aliphatic heterocycles. The van der Waals surface area contributed by atoms with E-state index in [1.807, 2.05) is 25.5 Å². The molecule has 7 nitrogen and oxygen atoms in total. The molecule has 1 atom stereocenters. The maximum atomic E-state index is 12.7. The molecule has 31 heavy (non-hydrogen) atoms. The Morgan fingerprint density at radius 2 is 2.00 bits per heavy atom. The Labute approximate surface area is 187 Å². The predicted molar refractivity (Wildman–Crippen MR) is 125 cm³/mol. The van der Waals surface area contributed by atoms with E-state index in [1.54, 1.807) is 12.0 Å². The van der Waals surface area contributed by atoms with E-state index in [2.05, 4.69) is 25.7 Å². The molecule has 2 aliphatic rings. The van der Waals surface area contributed by atoms with Crippen molar-refractivity contribution < 1.29 is 19.0 Å². The van der Waals surface area contributed by atoms with Crippen LogP contribution in [-0.2, 0) is 33.9 Å². The summed E-state index contributed by atoms with van der Waals surface area (Å²) in [6.07, 6.45) is 4.69. The average Bonchev–Trinajstić information content (AvgIpc) is 3.27. The van der Waals surface area contributed by atoms with Gasteiger partial charge in [0.05, 0.1) is 18.3 Å². The van der Waals surface area contributed by atoms with E-state index in [0.29, 0.717) is 19.8 Å². The van der Waals surface area contributed by atoms with Gasteiger partial charge in [-0.25, -0.2) is 9.48 Å². The van der Waals surface area contributed by atoms with E-state index >= 15 is 0 Å². The minimum atomic E-state index is -1.13. The fourth-order valence-corrected chi connectivity index (χ4v) is 4.70. The lowest BCUT2D eigenvalue weighted by molar-refractivity contribution is 0.0218. The van der Waals surface area contributed by atoms with Gasteiger partial charge >= 0.3 is 6.09 Å². The Hall–Kier alpha value is -1.64. The first kappa shape index (κ1) is 24.0. The van der Waals surface area contributed by atoms with Crippen molar-refractivity contribution in [1.29, 1.82) is 0 Å². The smallest absolute Gasteiger partial charge is 0.410 e. The summed E-state index contributed by atoms with van der Waals surface area (Å²) in [5, 5.41) is 4.95. The lowest BCUT2D eigenvalue weighted by Gasteiger charge is -2.30. The molecule has 1 aromatic rings. The van der Waals surface area contributed by atoms with Gasteiger partial charge in [0.2, 0.25) is 0 Å². The standard InChI is InChI=1S/C23H39N3O4Si/c1-23(2,3)30-22(27)25-11-10-20-19(15-25)21(17-8-9-18(14-17)28-4)24-26(20)16-29-12-13-31(5,6)7/h14,18H,8-13,15-16H2,1-7H3. The van der Waals surface area contributed by atoms with Gasteiger partial charge in [0, 0.05) is 46.0 Å². The van der Waals surface area contributed by atoms with Crippen molar-refractivity contribution in [3.8, 4) is 0 Å². The molecule has 0 fully saturated rings. The summed E-state index contributed by atoms with van der Waals surface area (Å²) in [7, 11) is 0.616. The first-order valence-corrected chi connectivity index (χ1v) is 15.1. The van der Waals surface area contributed by atoms with E-state index < -0.39 is 13.7 Å². The number of carbonyl (C=O) groups excluding carboxylic acids is 1. The number of hydrogen-bond acceptors (Lipinski definition) is 5. The highest BCUT2D eigenvalue weighted by Gasteiger charge is 2.32. The molecule has 1 aromatic heterocycles. The zero-order chi connectivity index (χ0) is 22.8. The molecule has 0 aromatic carbocycles. The molecule has 2 heterocycles. The topological polar surface area (TPSA) is 65.8 Å². The fourth-order valence-electron chi connectivity index (χ4n) is 3.94. The summed E-state index contributed by atoms with van der Waals surface area (Å²) in [5.41, 5.74) is 3.97. The molecule has 0 saturated carbocycles. The third-order valence-electron chi connectivity index (χ3n) is 5.69. The summed E-state index contributed by atoms with van der Waals surface area (Å²) in [6, 6.07) is 1.14. The fraction of sp³-hybridized carbons (Fsp3) is 0.739. The molecule has 0 saturated heterocycles. The Bertz CT molecular complexity index is 820. The molecule has 1 aliphatic carbocycles. The van der Waals surface area contributed by atoms with Crippen LogP contribution < -0.4 is 0 Å². The molecule has 8 heteroatoms. The molecule has 0 bridgehead atoms. The van der Waals surface area contributed by atoms with Crippen LogP contribution in [0.1, 0.15) is 50.6 Å². The molecule has 0 radical (unpaired) electrons. The number of fused-ring (bicyclic) bond motifs is 1. The van der Waals surface area contributed by atoms with Crippen molar-refractivity contribution in [2.24, 2.45) is 0 Å². The number of hydrogen-bond donors (Lipinski definition) is 0. The minimum Gasteiger partial charge on any atom is -0.444 e. The first-order valence-electron chi connectivity index (χ1n) is 11.3. The van der Waals surface area contributed by atoms with Crippen LogP contribution in [0.4, 0.5) is 4.79 Å². The number of methoxy groups -OCH3 is 1. The van der Waals surface area contributed by atoms with Crippen molar-refractivity contribution in [2.75, 3.05) is 20.3 Å². The van der Waals surface area contributed by atoms with E-state index in [4.69, 9.17) is 19.3 Å². The van der Waals surface area contributed by atoms with Gasteiger partial charge in [-0.2, -0.15) is 5.10 Å². The highest BCUT2D eigenvalue weighted by atomic mass is 28.3. The highest BCUT2D eigenvalue weighted by Crippen LogP contribution is 2.34. The number of amides is 1. The van der Waals surface area contributed by atoms with E-state index in [0.717, 1.165) is 43.2 Å². The van der Waals surface area contributed by atoms with Crippen molar-refractivity contribution in [2.45, 2.75) is 90.7 Å². The normalized spacial score (nSPS) is 19.4. The van der Waals surface area contributed by atoms with Gasteiger partial charge in [-0.3, -0.25) is 0 Å². The third kappa shape index (κ3) is 6.43. The maximum absolute atomic E-state index is 12.7. The zero-order valence-corrected chi connectivity index (χ0v) is 21.3.